The SMILES string of the molecule is CSNc1cccc(C(=O)c2c[nH]c3ncc(-c4ccccc4Cl)cc23)c1F. The second kappa shape index (κ2) is 7.66. The van der Waals surface area contributed by atoms with Gasteiger partial charge in [-0.1, -0.05) is 47.8 Å². The summed E-state index contributed by atoms with van der Waals surface area (Å²) in [7, 11) is 0. The van der Waals surface area contributed by atoms with Crippen molar-refractivity contribution in [2.45, 2.75) is 0 Å². The molecule has 7 heteroatoms. The number of fused-ring (bicyclic) bond motifs is 1. The van der Waals surface area contributed by atoms with Crippen LogP contribution < -0.4 is 4.72 Å². The molecule has 0 saturated heterocycles. The third-order valence-electron chi connectivity index (χ3n) is 4.42. The van der Waals surface area contributed by atoms with Crippen molar-refractivity contribution in [3.8, 4) is 11.1 Å². The molecule has 2 heterocycles. The largest absolute Gasteiger partial charge is 0.345 e. The number of nitrogens with one attached hydrogen (secondary N) is 2. The zero-order valence-corrected chi connectivity index (χ0v) is 16.4. The van der Waals surface area contributed by atoms with Gasteiger partial charge in [-0.15, -0.1) is 0 Å². The molecule has 0 amide bonds. The number of nitrogens with zero attached hydrogens (tertiary/aromatic N) is 1. The first-order valence-corrected chi connectivity index (χ1v) is 10.0. The Bertz CT molecular complexity index is 1190. The van der Waals surface area contributed by atoms with E-state index in [0.717, 1.165) is 11.1 Å². The number of pyridine rings is 1. The highest BCUT2D eigenvalue weighted by molar-refractivity contribution is 7.99. The molecule has 0 aliphatic rings. The molecule has 0 bridgehead atoms. The zero-order valence-electron chi connectivity index (χ0n) is 14.8. The first-order chi connectivity index (χ1) is 13.6. The molecule has 2 aromatic carbocycles. The number of rotatable bonds is 5. The van der Waals surface area contributed by atoms with Crippen LogP contribution in [0.5, 0.6) is 0 Å². The van der Waals surface area contributed by atoms with Gasteiger partial charge in [0.1, 0.15) is 5.65 Å². The Morgan fingerprint density at radius 3 is 2.79 bits per heavy atom. The van der Waals surface area contributed by atoms with Crippen LogP contribution in [0, 0.1) is 5.82 Å². The van der Waals surface area contributed by atoms with Gasteiger partial charge in [0, 0.05) is 45.7 Å². The Hall–Kier alpha value is -2.83. The second-order valence-corrected chi connectivity index (χ2v) is 7.12. The highest BCUT2D eigenvalue weighted by Gasteiger charge is 2.20. The molecule has 0 aliphatic heterocycles. The van der Waals surface area contributed by atoms with E-state index in [-0.39, 0.29) is 11.3 Å². The lowest BCUT2D eigenvalue weighted by Gasteiger charge is -2.08. The number of hydrogen-bond acceptors (Lipinski definition) is 4. The molecule has 28 heavy (non-hydrogen) atoms. The number of anilines is 1. The van der Waals surface area contributed by atoms with E-state index >= 15 is 0 Å². The summed E-state index contributed by atoms with van der Waals surface area (Å²) in [4.78, 5) is 20.4. The van der Waals surface area contributed by atoms with E-state index in [1.165, 1.54) is 18.0 Å². The first-order valence-electron chi connectivity index (χ1n) is 8.44. The fourth-order valence-electron chi connectivity index (χ4n) is 3.08. The molecule has 2 aromatic heterocycles. The minimum atomic E-state index is -0.577. The highest BCUT2D eigenvalue weighted by Crippen LogP contribution is 2.31. The van der Waals surface area contributed by atoms with Crippen molar-refractivity contribution >= 4 is 46.1 Å². The predicted octanol–water partition coefficient (Wildman–Crippen LogP) is 5.94. The third-order valence-corrected chi connectivity index (χ3v) is 5.17. The van der Waals surface area contributed by atoms with Crippen LogP contribution >= 0.6 is 23.5 Å². The number of aromatic nitrogens is 2. The van der Waals surface area contributed by atoms with Crippen molar-refractivity contribution in [2.24, 2.45) is 0 Å². The van der Waals surface area contributed by atoms with Crippen LogP contribution in [0.1, 0.15) is 15.9 Å². The van der Waals surface area contributed by atoms with E-state index in [4.69, 9.17) is 11.6 Å². The fraction of sp³-hybridized carbons (Fsp3) is 0.0476. The summed E-state index contributed by atoms with van der Waals surface area (Å²) in [5, 5.41) is 1.21. The molecule has 4 rings (SSSR count). The van der Waals surface area contributed by atoms with Gasteiger partial charge in [-0.05, 0) is 24.3 Å². The summed E-state index contributed by atoms with van der Waals surface area (Å²) < 4.78 is 17.6. The number of hydrogen-bond donors (Lipinski definition) is 2. The lowest BCUT2D eigenvalue weighted by molar-refractivity contribution is 0.103. The smallest absolute Gasteiger partial charge is 0.198 e. The molecular formula is C21H15ClFN3OS. The lowest BCUT2D eigenvalue weighted by atomic mass is 10.0. The van der Waals surface area contributed by atoms with Crippen molar-refractivity contribution < 1.29 is 9.18 Å². The molecule has 0 radical (unpaired) electrons. The van der Waals surface area contributed by atoms with Crippen molar-refractivity contribution in [1.29, 1.82) is 0 Å². The molecule has 0 atom stereocenters. The average molecular weight is 412 g/mol. The summed E-state index contributed by atoms with van der Waals surface area (Å²) in [6, 6.07) is 14.0. The van der Waals surface area contributed by atoms with Gasteiger partial charge in [-0.2, -0.15) is 0 Å². The van der Waals surface area contributed by atoms with Crippen LogP contribution in [0.2, 0.25) is 5.02 Å². The maximum absolute atomic E-state index is 14.8. The third kappa shape index (κ3) is 3.25. The van der Waals surface area contributed by atoms with Gasteiger partial charge in [0.05, 0.1) is 11.3 Å². The number of ketones is 1. The van der Waals surface area contributed by atoms with Crippen LogP contribution in [-0.4, -0.2) is 22.0 Å². The minimum absolute atomic E-state index is 0.00287. The molecule has 2 N–H and O–H groups in total. The second-order valence-electron chi connectivity index (χ2n) is 6.10. The van der Waals surface area contributed by atoms with Crippen LogP contribution in [-0.2, 0) is 0 Å². The zero-order chi connectivity index (χ0) is 19.7. The minimum Gasteiger partial charge on any atom is -0.345 e. The fourth-order valence-corrected chi connectivity index (χ4v) is 3.70. The summed E-state index contributed by atoms with van der Waals surface area (Å²) in [5.41, 5.74) is 2.78. The van der Waals surface area contributed by atoms with Crippen LogP contribution in [0.3, 0.4) is 0 Å². The van der Waals surface area contributed by atoms with Crippen LogP contribution in [0.4, 0.5) is 10.1 Å². The van der Waals surface area contributed by atoms with Gasteiger partial charge in [-0.3, -0.25) is 4.79 Å². The van der Waals surface area contributed by atoms with Crippen LogP contribution in [0.25, 0.3) is 22.2 Å². The molecule has 0 aliphatic carbocycles. The normalized spacial score (nSPS) is 11.0. The summed E-state index contributed by atoms with van der Waals surface area (Å²) in [6.07, 6.45) is 5.04. The van der Waals surface area contributed by atoms with Crippen molar-refractivity contribution in [2.75, 3.05) is 11.0 Å². The molecule has 0 fully saturated rings. The quantitative estimate of drug-likeness (QED) is 0.315. The molecular weight excluding hydrogens is 397 g/mol. The summed E-state index contributed by atoms with van der Waals surface area (Å²) >= 11 is 7.55. The average Bonchev–Trinajstić information content (AvgIpc) is 3.13. The molecule has 0 unspecified atom stereocenters. The lowest BCUT2D eigenvalue weighted by Crippen LogP contribution is -2.05. The van der Waals surface area contributed by atoms with E-state index in [1.807, 2.05) is 24.3 Å². The number of carbonyl (C=O) groups excluding carboxylic acids is 1. The molecule has 140 valence electrons. The Morgan fingerprint density at radius 1 is 1.18 bits per heavy atom. The maximum atomic E-state index is 14.8. The summed E-state index contributed by atoms with van der Waals surface area (Å²) in [6.45, 7) is 0. The highest BCUT2D eigenvalue weighted by atomic mass is 35.5. The van der Waals surface area contributed by atoms with E-state index in [2.05, 4.69) is 14.7 Å². The van der Waals surface area contributed by atoms with E-state index < -0.39 is 11.6 Å². The number of halogens is 2. The van der Waals surface area contributed by atoms with Crippen molar-refractivity contribution in [3.05, 3.63) is 82.9 Å². The van der Waals surface area contributed by atoms with Gasteiger partial charge in [0.25, 0.3) is 0 Å². The number of H-pyrrole nitrogens is 1. The van der Waals surface area contributed by atoms with Crippen LogP contribution in [0.15, 0.2) is 60.9 Å². The number of aromatic amines is 1. The van der Waals surface area contributed by atoms with E-state index in [9.17, 15) is 9.18 Å². The molecule has 4 aromatic rings. The Kier molecular flexibility index (Phi) is 5.07. The molecule has 0 saturated carbocycles. The van der Waals surface area contributed by atoms with Gasteiger partial charge in [0.2, 0.25) is 0 Å². The number of carbonyl (C=O) groups is 1. The Labute approximate surface area is 170 Å². The molecule has 0 spiro atoms. The Balaban J connectivity index is 1.82. The van der Waals surface area contributed by atoms with Gasteiger partial charge in [0.15, 0.2) is 11.6 Å². The van der Waals surface area contributed by atoms with E-state index in [1.54, 1.807) is 36.8 Å². The van der Waals surface area contributed by atoms with Crippen molar-refractivity contribution in [1.82, 2.24) is 9.97 Å². The monoisotopic (exact) mass is 411 g/mol. The predicted molar refractivity (Wildman–Crippen MR) is 114 cm³/mol. The van der Waals surface area contributed by atoms with Gasteiger partial charge in [-0.25, -0.2) is 9.37 Å². The van der Waals surface area contributed by atoms with Crippen molar-refractivity contribution in [3.63, 3.8) is 0 Å². The molecule has 4 nitrogen and oxygen atoms in total. The summed E-state index contributed by atoms with van der Waals surface area (Å²) in [5.74, 6) is -0.988. The van der Waals surface area contributed by atoms with E-state index in [0.29, 0.717) is 21.6 Å². The van der Waals surface area contributed by atoms with Gasteiger partial charge < -0.3 is 9.71 Å². The Morgan fingerprint density at radius 2 is 2.00 bits per heavy atom. The topological polar surface area (TPSA) is 57.8 Å². The van der Waals surface area contributed by atoms with Gasteiger partial charge >= 0.3 is 0 Å². The first kappa shape index (κ1) is 18.5. The standard InChI is InChI=1S/C21H15ClFN3OS/c1-28-26-18-8-4-6-14(19(18)23)20(27)16-11-25-21-15(16)9-12(10-24-21)13-5-2-3-7-17(13)22/h2-11,26H,1H3,(H,24,25). The maximum Gasteiger partial charge on any atom is 0.198 e. The number of benzene rings is 2.